The zero-order chi connectivity index (χ0) is 30.6. The van der Waals surface area contributed by atoms with Crippen molar-refractivity contribution in [2.75, 3.05) is 12.3 Å². The van der Waals surface area contributed by atoms with Crippen molar-refractivity contribution in [2.45, 2.75) is 96.3 Å². The largest absolute Gasteiger partial charge is 0.462 e. The Bertz CT molecular complexity index is 1130. The van der Waals surface area contributed by atoms with Crippen molar-refractivity contribution >= 4 is 36.1 Å². The number of alkyl halides is 2. The molecule has 1 aromatic heterocycles. The molecule has 1 aliphatic heterocycles. The van der Waals surface area contributed by atoms with E-state index in [2.05, 4.69) is 15.2 Å². The maximum atomic E-state index is 14.5. The van der Waals surface area contributed by atoms with Gasteiger partial charge in [0.25, 0.3) is 6.43 Å². The SMILES string of the molecule is CC(C)OC(=O)[C@H](C)NP(=S)(N[C@@H](C)C(=O)OC(C)C)OC[C@@]1(C(F)F)O[C@@H](n2ccc(N)nc2=O)[C@H](O)[C@@H]1O. The summed E-state index contributed by atoms with van der Waals surface area (Å²) in [6.45, 7) is 4.33. The van der Waals surface area contributed by atoms with Crippen LogP contribution in [0.25, 0.3) is 0 Å². The molecule has 6 atom stereocenters. The van der Waals surface area contributed by atoms with Crippen molar-refractivity contribution in [2.24, 2.45) is 0 Å². The molecule has 0 unspecified atom stereocenters. The van der Waals surface area contributed by atoms with Crippen LogP contribution in [0.1, 0.15) is 47.8 Å². The first kappa shape index (κ1) is 34.1. The van der Waals surface area contributed by atoms with Gasteiger partial charge in [-0.1, -0.05) is 0 Å². The first-order valence-electron chi connectivity index (χ1n) is 12.3. The molecular formula is C22H36F2N5O9PS. The molecule has 2 heterocycles. The minimum Gasteiger partial charge on any atom is -0.462 e. The maximum Gasteiger partial charge on any atom is 0.351 e. The number of nitrogens with two attached hydrogens (primary N) is 1. The highest BCUT2D eigenvalue weighted by atomic mass is 32.4. The van der Waals surface area contributed by atoms with Crippen molar-refractivity contribution in [3.8, 4) is 0 Å². The van der Waals surface area contributed by atoms with Gasteiger partial charge in [-0.15, -0.1) is 0 Å². The number of aliphatic hydroxyl groups excluding tert-OH is 2. The molecule has 0 aliphatic carbocycles. The monoisotopic (exact) mass is 615 g/mol. The zero-order valence-corrected chi connectivity index (χ0v) is 24.5. The van der Waals surface area contributed by atoms with Gasteiger partial charge in [0.15, 0.2) is 18.4 Å². The Labute approximate surface area is 234 Å². The smallest absolute Gasteiger partial charge is 0.351 e. The van der Waals surface area contributed by atoms with Gasteiger partial charge in [0.1, 0.15) is 30.1 Å². The number of aromatic nitrogens is 2. The quantitative estimate of drug-likeness (QED) is 0.149. The normalized spacial score (nSPS) is 24.9. The molecule has 2 rings (SSSR count). The predicted molar refractivity (Wildman–Crippen MR) is 142 cm³/mol. The van der Waals surface area contributed by atoms with Gasteiger partial charge in [0.05, 0.1) is 18.8 Å². The minimum atomic E-state index is -3.79. The molecule has 228 valence electrons. The zero-order valence-electron chi connectivity index (χ0n) is 22.8. The van der Waals surface area contributed by atoms with Crippen molar-refractivity contribution < 1.29 is 47.3 Å². The van der Waals surface area contributed by atoms with Crippen LogP contribution in [0.4, 0.5) is 14.6 Å². The van der Waals surface area contributed by atoms with E-state index in [1.807, 2.05) is 0 Å². The van der Waals surface area contributed by atoms with E-state index in [4.69, 9.17) is 36.3 Å². The van der Waals surface area contributed by atoms with Crippen LogP contribution in [-0.4, -0.2) is 86.8 Å². The Balaban J connectivity index is 2.38. The molecule has 1 fully saturated rings. The number of hydrogen-bond acceptors (Lipinski definition) is 12. The van der Waals surface area contributed by atoms with Gasteiger partial charge < -0.3 is 34.7 Å². The fourth-order valence-electron chi connectivity index (χ4n) is 3.60. The number of nitrogens with zero attached hydrogens (tertiary/aromatic N) is 2. The van der Waals surface area contributed by atoms with Gasteiger partial charge in [0, 0.05) is 6.20 Å². The Hall–Kier alpha value is -2.11. The van der Waals surface area contributed by atoms with E-state index in [0.29, 0.717) is 4.57 Å². The van der Waals surface area contributed by atoms with Crippen LogP contribution in [0, 0.1) is 0 Å². The number of hydrogen-bond donors (Lipinski definition) is 5. The summed E-state index contributed by atoms with van der Waals surface area (Å²) in [6, 6.07) is -1.07. The van der Waals surface area contributed by atoms with Crippen molar-refractivity contribution in [3.05, 3.63) is 22.7 Å². The third-order valence-corrected chi connectivity index (χ3v) is 8.46. The molecule has 0 spiro atoms. The second-order valence-electron chi connectivity index (χ2n) is 9.74. The number of rotatable bonds is 13. The summed E-state index contributed by atoms with van der Waals surface area (Å²) in [4.78, 5) is 40.6. The lowest BCUT2D eigenvalue weighted by Crippen LogP contribution is -2.53. The average molecular weight is 616 g/mol. The second kappa shape index (κ2) is 13.7. The minimum absolute atomic E-state index is 0.161. The van der Waals surface area contributed by atoms with Gasteiger partial charge in [0.2, 0.25) is 0 Å². The maximum absolute atomic E-state index is 14.5. The molecule has 1 aromatic rings. The Kier molecular flexibility index (Phi) is 11.7. The molecule has 1 saturated heterocycles. The van der Waals surface area contributed by atoms with E-state index >= 15 is 0 Å². The van der Waals surface area contributed by atoms with E-state index in [0.717, 1.165) is 6.20 Å². The number of ether oxygens (including phenoxy) is 3. The lowest BCUT2D eigenvalue weighted by Gasteiger charge is -2.35. The molecule has 0 radical (unpaired) electrons. The van der Waals surface area contributed by atoms with Crippen LogP contribution in [0.3, 0.4) is 0 Å². The molecule has 1 aliphatic rings. The highest BCUT2D eigenvalue weighted by molar-refractivity contribution is 8.10. The first-order chi connectivity index (χ1) is 18.4. The van der Waals surface area contributed by atoms with Crippen LogP contribution in [0.15, 0.2) is 17.1 Å². The van der Waals surface area contributed by atoms with Crippen molar-refractivity contribution in [1.82, 2.24) is 19.7 Å². The topological polar surface area (TPSA) is 196 Å². The molecule has 0 saturated carbocycles. The number of esters is 2. The van der Waals surface area contributed by atoms with Crippen LogP contribution in [0.2, 0.25) is 0 Å². The molecule has 14 nitrogen and oxygen atoms in total. The molecule has 40 heavy (non-hydrogen) atoms. The molecular weight excluding hydrogens is 579 g/mol. The summed E-state index contributed by atoms with van der Waals surface area (Å²) < 4.78 is 51.0. The lowest BCUT2D eigenvalue weighted by molar-refractivity contribution is -0.191. The van der Waals surface area contributed by atoms with E-state index < -0.39 is 85.6 Å². The first-order valence-corrected chi connectivity index (χ1v) is 15.0. The number of aliphatic hydroxyl groups is 2. The number of nitrogens with one attached hydrogen (secondary N) is 2. The summed E-state index contributed by atoms with van der Waals surface area (Å²) in [5.41, 5.74) is 1.55. The van der Waals surface area contributed by atoms with Crippen LogP contribution >= 0.6 is 6.57 Å². The fourth-order valence-corrected chi connectivity index (χ4v) is 6.55. The van der Waals surface area contributed by atoms with E-state index in [1.165, 1.54) is 19.9 Å². The molecule has 0 aromatic carbocycles. The van der Waals surface area contributed by atoms with Gasteiger partial charge in [-0.25, -0.2) is 23.7 Å². The average Bonchev–Trinajstić information content (AvgIpc) is 3.08. The lowest BCUT2D eigenvalue weighted by atomic mass is 9.96. The number of carbonyl (C=O) groups excluding carboxylic acids is 2. The van der Waals surface area contributed by atoms with Crippen LogP contribution in [0.5, 0.6) is 0 Å². The van der Waals surface area contributed by atoms with Gasteiger partial charge in [-0.05, 0) is 59.4 Å². The van der Waals surface area contributed by atoms with Crippen molar-refractivity contribution in [1.29, 1.82) is 0 Å². The molecule has 0 amide bonds. The molecule has 6 N–H and O–H groups in total. The summed E-state index contributed by atoms with van der Waals surface area (Å²) in [6.07, 6.45) is -9.42. The molecule has 0 bridgehead atoms. The highest BCUT2D eigenvalue weighted by Gasteiger charge is 2.61. The predicted octanol–water partition coefficient (Wildman–Crippen LogP) is 0.181. The van der Waals surface area contributed by atoms with Crippen molar-refractivity contribution in [3.63, 3.8) is 0 Å². The molecule has 18 heteroatoms. The summed E-state index contributed by atoms with van der Waals surface area (Å²) in [5.74, 6) is -1.64. The summed E-state index contributed by atoms with van der Waals surface area (Å²) >= 11 is 5.54. The highest BCUT2D eigenvalue weighted by Crippen LogP contribution is 2.46. The van der Waals surface area contributed by atoms with Gasteiger partial charge >= 0.3 is 17.6 Å². The number of carbonyl (C=O) groups is 2. The number of halogens is 2. The van der Waals surface area contributed by atoms with E-state index in [-0.39, 0.29) is 5.82 Å². The number of anilines is 1. The Morgan fingerprint density at radius 1 is 1.15 bits per heavy atom. The van der Waals surface area contributed by atoms with E-state index in [9.17, 15) is 33.4 Å². The fraction of sp³-hybridized carbons (Fsp3) is 0.727. The standard InChI is InChI=1S/C22H36F2N5O9PS/c1-10(2)36-18(32)12(5)27-39(40,28-13(6)19(33)37-11(3)4)35-9-22(20(23)24)16(31)15(30)17(38-22)29-8-7-14(25)26-21(29)34/h7-8,10-13,15-17,20,30-31H,9H2,1-6H3,(H2,25,26,34)(H2,27,28,40)/t12-,13-,15+,16-,17+,22+/m0/s1. The number of nitrogen functional groups attached to an aromatic ring is 1. The van der Waals surface area contributed by atoms with E-state index in [1.54, 1.807) is 27.7 Å². The van der Waals surface area contributed by atoms with Crippen LogP contribution < -0.4 is 21.6 Å². The Morgan fingerprint density at radius 3 is 2.08 bits per heavy atom. The Morgan fingerprint density at radius 2 is 1.65 bits per heavy atom. The van der Waals surface area contributed by atoms with Crippen LogP contribution in [-0.2, 0) is 40.1 Å². The third-order valence-electron chi connectivity index (χ3n) is 5.56. The third kappa shape index (κ3) is 8.22. The second-order valence-corrected chi connectivity index (χ2v) is 13.2. The van der Waals surface area contributed by atoms with Gasteiger partial charge in [-0.3, -0.25) is 14.2 Å². The summed E-state index contributed by atoms with van der Waals surface area (Å²) in [7, 11) is 0. The summed E-state index contributed by atoms with van der Waals surface area (Å²) in [5, 5.41) is 26.6. The van der Waals surface area contributed by atoms with Gasteiger partial charge in [-0.2, -0.15) is 4.98 Å².